The maximum Gasteiger partial charge on any atom is 0.416 e. The summed E-state index contributed by atoms with van der Waals surface area (Å²) in [6.45, 7) is 0.208. The van der Waals surface area contributed by atoms with Crippen molar-refractivity contribution in [3.8, 4) is 0 Å². The Hall–Kier alpha value is -3.75. The van der Waals surface area contributed by atoms with E-state index in [2.05, 4.69) is 20.6 Å². The second kappa shape index (κ2) is 9.17. The van der Waals surface area contributed by atoms with Gasteiger partial charge in [0.1, 0.15) is 5.82 Å². The number of hydrogen-bond acceptors (Lipinski definition) is 3. The quantitative estimate of drug-likeness (QED) is 0.370. The van der Waals surface area contributed by atoms with E-state index in [1.807, 2.05) is 0 Å². The van der Waals surface area contributed by atoms with E-state index < -0.39 is 23.5 Å². The van der Waals surface area contributed by atoms with E-state index in [-0.39, 0.29) is 18.1 Å². The molecule has 5 nitrogen and oxygen atoms in total. The van der Waals surface area contributed by atoms with Gasteiger partial charge in [-0.05, 0) is 66.2 Å². The van der Waals surface area contributed by atoms with Crippen molar-refractivity contribution >= 4 is 17.6 Å². The first kappa shape index (κ1) is 21.0. The molecule has 1 aromatic heterocycles. The maximum absolute atomic E-state index is 13.1. The molecule has 0 radical (unpaired) electrons. The van der Waals surface area contributed by atoms with Crippen LogP contribution in [0, 0.1) is 5.82 Å². The fourth-order valence-corrected chi connectivity index (χ4v) is 2.43. The average molecular weight is 416 g/mol. The minimum atomic E-state index is -4.49. The number of alkyl halides is 3. The van der Waals surface area contributed by atoms with Crippen LogP contribution in [-0.2, 0) is 12.7 Å². The zero-order valence-corrected chi connectivity index (χ0v) is 15.4. The Morgan fingerprint density at radius 1 is 0.933 bits per heavy atom. The standard InChI is InChI=1S/C21H16F4N4O/c22-17-5-7-18(8-6-17)28-20(27-13-14-9-11-26-12-10-14)29-19(30)15-1-3-16(4-2-15)21(23,24)25/h1-12H,13H2,(H2,27,28,29,30). The number of amides is 1. The predicted molar refractivity (Wildman–Crippen MR) is 104 cm³/mol. The van der Waals surface area contributed by atoms with Crippen molar-refractivity contribution in [2.75, 3.05) is 5.32 Å². The molecule has 1 amide bonds. The van der Waals surface area contributed by atoms with E-state index in [0.29, 0.717) is 5.69 Å². The maximum atomic E-state index is 13.1. The number of hydrogen-bond donors (Lipinski definition) is 2. The van der Waals surface area contributed by atoms with E-state index in [4.69, 9.17) is 0 Å². The van der Waals surface area contributed by atoms with Gasteiger partial charge in [0.05, 0.1) is 12.1 Å². The number of halogens is 4. The SMILES string of the molecule is O=C(NC(=NCc1ccncc1)Nc1ccc(F)cc1)c1ccc(C(F)(F)F)cc1. The molecule has 0 aliphatic rings. The van der Waals surface area contributed by atoms with Crippen LogP contribution in [0.1, 0.15) is 21.5 Å². The van der Waals surface area contributed by atoms with Crippen LogP contribution in [0.2, 0.25) is 0 Å². The largest absolute Gasteiger partial charge is 0.416 e. The molecule has 0 bridgehead atoms. The van der Waals surface area contributed by atoms with E-state index in [1.54, 1.807) is 24.5 Å². The number of nitrogens with zero attached hydrogens (tertiary/aromatic N) is 2. The molecule has 0 atom stereocenters. The lowest BCUT2D eigenvalue weighted by atomic mass is 10.1. The van der Waals surface area contributed by atoms with Crippen LogP contribution in [0.4, 0.5) is 23.2 Å². The van der Waals surface area contributed by atoms with Crippen LogP contribution in [0.3, 0.4) is 0 Å². The monoisotopic (exact) mass is 416 g/mol. The summed E-state index contributed by atoms with van der Waals surface area (Å²) in [5.74, 6) is -1.01. The summed E-state index contributed by atoms with van der Waals surface area (Å²) in [5, 5.41) is 5.40. The van der Waals surface area contributed by atoms with E-state index in [9.17, 15) is 22.4 Å². The van der Waals surface area contributed by atoms with Crippen molar-refractivity contribution in [1.29, 1.82) is 0 Å². The summed E-state index contributed by atoms with van der Waals surface area (Å²) in [6, 6.07) is 12.7. The van der Waals surface area contributed by atoms with Gasteiger partial charge in [-0.25, -0.2) is 9.38 Å². The lowest BCUT2D eigenvalue weighted by Crippen LogP contribution is -2.36. The highest BCUT2D eigenvalue weighted by Crippen LogP contribution is 2.29. The van der Waals surface area contributed by atoms with Crippen molar-refractivity contribution in [2.24, 2.45) is 4.99 Å². The van der Waals surface area contributed by atoms with Crippen LogP contribution in [0.5, 0.6) is 0 Å². The Kier molecular flexibility index (Phi) is 6.41. The molecule has 9 heteroatoms. The van der Waals surface area contributed by atoms with Crippen LogP contribution < -0.4 is 10.6 Å². The number of rotatable bonds is 4. The summed E-state index contributed by atoms with van der Waals surface area (Å²) >= 11 is 0. The summed E-state index contributed by atoms with van der Waals surface area (Å²) in [6.07, 6.45) is -1.30. The Morgan fingerprint density at radius 2 is 1.57 bits per heavy atom. The zero-order valence-electron chi connectivity index (χ0n) is 15.4. The minimum Gasteiger partial charge on any atom is -0.326 e. The van der Waals surface area contributed by atoms with Gasteiger partial charge in [-0.1, -0.05) is 0 Å². The molecule has 1 heterocycles. The first-order chi connectivity index (χ1) is 14.3. The van der Waals surface area contributed by atoms with Gasteiger partial charge in [0, 0.05) is 23.6 Å². The number of carbonyl (C=O) groups is 1. The third kappa shape index (κ3) is 5.87. The molecule has 0 fully saturated rings. The second-order valence-electron chi connectivity index (χ2n) is 6.18. The van der Waals surface area contributed by atoms with Gasteiger partial charge in [-0.2, -0.15) is 13.2 Å². The normalized spacial score (nSPS) is 11.8. The van der Waals surface area contributed by atoms with Gasteiger partial charge in [-0.15, -0.1) is 0 Å². The van der Waals surface area contributed by atoms with E-state index in [1.165, 1.54) is 24.3 Å². The fourth-order valence-electron chi connectivity index (χ4n) is 2.43. The molecule has 0 spiro atoms. The van der Waals surface area contributed by atoms with Crippen molar-refractivity contribution in [1.82, 2.24) is 10.3 Å². The molecule has 2 aromatic carbocycles. The molecule has 3 aromatic rings. The number of anilines is 1. The number of aromatic nitrogens is 1. The molecule has 154 valence electrons. The number of carbonyl (C=O) groups excluding carboxylic acids is 1. The Morgan fingerprint density at radius 3 is 2.17 bits per heavy atom. The van der Waals surface area contributed by atoms with Gasteiger partial charge in [0.2, 0.25) is 5.96 Å². The third-order valence-electron chi connectivity index (χ3n) is 3.98. The van der Waals surface area contributed by atoms with Crippen LogP contribution in [-0.4, -0.2) is 16.9 Å². The zero-order chi connectivity index (χ0) is 21.6. The van der Waals surface area contributed by atoms with Gasteiger partial charge in [0.15, 0.2) is 0 Å². The number of aliphatic imine (C=N–C) groups is 1. The first-order valence-corrected chi connectivity index (χ1v) is 8.76. The molecule has 0 aliphatic carbocycles. The number of nitrogens with one attached hydrogen (secondary N) is 2. The summed E-state index contributed by atoms with van der Waals surface area (Å²) in [4.78, 5) is 20.7. The highest BCUT2D eigenvalue weighted by Gasteiger charge is 2.30. The first-order valence-electron chi connectivity index (χ1n) is 8.76. The topological polar surface area (TPSA) is 66.4 Å². The van der Waals surface area contributed by atoms with Crippen LogP contribution in [0.15, 0.2) is 78.0 Å². The van der Waals surface area contributed by atoms with Gasteiger partial charge >= 0.3 is 6.18 Å². The minimum absolute atomic E-state index is 0.0283. The number of pyridine rings is 1. The van der Waals surface area contributed by atoms with Crippen LogP contribution >= 0.6 is 0 Å². The highest BCUT2D eigenvalue weighted by atomic mass is 19.4. The Bertz CT molecular complexity index is 1020. The highest BCUT2D eigenvalue weighted by molar-refractivity contribution is 6.09. The lowest BCUT2D eigenvalue weighted by molar-refractivity contribution is -0.137. The molecule has 3 rings (SSSR count). The smallest absolute Gasteiger partial charge is 0.326 e. The van der Waals surface area contributed by atoms with Crippen molar-refractivity contribution in [3.63, 3.8) is 0 Å². The fraction of sp³-hybridized carbons (Fsp3) is 0.0952. The van der Waals surface area contributed by atoms with E-state index in [0.717, 1.165) is 29.8 Å². The molecular weight excluding hydrogens is 400 g/mol. The molecule has 0 aliphatic heterocycles. The van der Waals surface area contributed by atoms with Gasteiger partial charge in [0.25, 0.3) is 5.91 Å². The Balaban J connectivity index is 1.78. The molecule has 0 saturated heterocycles. The average Bonchev–Trinajstić information content (AvgIpc) is 2.74. The van der Waals surface area contributed by atoms with Gasteiger partial charge < -0.3 is 5.32 Å². The molecule has 30 heavy (non-hydrogen) atoms. The van der Waals surface area contributed by atoms with Crippen LogP contribution in [0.25, 0.3) is 0 Å². The lowest BCUT2D eigenvalue weighted by Gasteiger charge is -2.13. The second-order valence-corrected chi connectivity index (χ2v) is 6.18. The van der Waals surface area contributed by atoms with Crippen molar-refractivity contribution in [2.45, 2.75) is 12.7 Å². The van der Waals surface area contributed by atoms with E-state index >= 15 is 0 Å². The molecule has 2 N–H and O–H groups in total. The molecular formula is C21H16F4N4O. The van der Waals surface area contributed by atoms with Crippen molar-refractivity contribution < 1.29 is 22.4 Å². The van der Waals surface area contributed by atoms with Gasteiger partial charge in [-0.3, -0.25) is 15.1 Å². The summed E-state index contributed by atoms with van der Waals surface area (Å²) in [7, 11) is 0. The summed E-state index contributed by atoms with van der Waals surface area (Å²) < 4.78 is 51.2. The number of guanidine groups is 1. The van der Waals surface area contributed by atoms with Crippen molar-refractivity contribution in [3.05, 3.63) is 95.6 Å². The predicted octanol–water partition coefficient (Wildman–Crippen LogP) is 4.64. The Labute approximate surface area is 169 Å². The summed E-state index contributed by atoms with van der Waals surface area (Å²) in [5.41, 5.74) is 0.473. The molecule has 0 saturated carbocycles. The number of benzene rings is 2. The molecule has 0 unspecified atom stereocenters. The third-order valence-corrected chi connectivity index (χ3v) is 3.98.